The first-order valence-electron chi connectivity index (χ1n) is 8.51. The van der Waals surface area contributed by atoms with Crippen LogP contribution >= 0.6 is 0 Å². The molecule has 3 rings (SSSR count). The molecule has 2 heterocycles. The van der Waals surface area contributed by atoms with Gasteiger partial charge in [0.1, 0.15) is 5.82 Å². The SMILES string of the molecule is O=C(c1ccc(F)cc1)C1CCN(CC(=O)N2CCOCC2)CC1. The molecular formula is C18H23FN2O3. The van der Waals surface area contributed by atoms with E-state index >= 15 is 0 Å². The molecule has 1 aromatic rings. The largest absolute Gasteiger partial charge is 0.378 e. The van der Waals surface area contributed by atoms with Crippen LogP contribution in [0.15, 0.2) is 24.3 Å². The molecule has 0 unspecified atom stereocenters. The molecule has 0 atom stereocenters. The van der Waals surface area contributed by atoms with Crippen LogP contribution in [-0.2, 0) is 9.53 Å². The van der Waals surface area contributed by atoms with Gasteiger partial charge in [-0.05, 0) is 50.2 Å². The van der Waals surface area contributed by atoms with Gasteiger partial charge >= 0.3 is 0 Å². The molecule has 1 aromatic carbocycles. The van der Waals surface area contributed by atoms with Crippen molar-refractivity contribution in [2.45, 2.75) is 12.8 Å². The third-order valence-electron chi connectivity index (χ3n) is 4.81. The van der Waals surface area contributed by atoms with Crippen LogP contribution in [0.2, 0.25) is 0 Å². The van der Waals surface area contributed by atoms with Gasteiger partial charge in [0.15, 0.2) is 5.78 Å². The summed E-state index contributed by atoms with van der Waals surface area (Å²) in [6.45, 7) is 4.45. The van der Waals surface area contributed by atoms with Gasteiger partial charge in [0.25, 0.3) is 0 Å². The van der Waals surface area contributed by atoms with Gasteiger partial charge in [0, 0.05) is 24.6 Å². The molecule has 0 radical (unpaired) electrons. The molecule has 0 N–H and O–H groups in total. The Morgan fingerprint density at radius 2 is 1.67 bits per heavy atom. The van der Waals surface area contributed by atoms with Gasteiger partial charge in [-0.25, -0.2) is 4.39 Å². The number of likely N-dealkylation sites (tertiary alicyclic amines) is 1. The van der Waals surface area contributed by atoms with Crippen LogP contribution in [0.4, 0.5) is 4.39 Å². The lowest BCUT2D eigenvalue weighted by Gasteiger charge is -2.33. The molecule has 2 aliphatic heterocycles. The third-order valence-corrected chi connectivity index (χ3v) is 4.81. The highest BCUT2D eigenvalue weighted by Crippen LogP contribution is 2.22. The monoisotopic (exact) mass is 334 g/mol. The second-order valence-electron chi connectivity index (χ2n) is 6.41. The fourth-order valence-electron chi connectivity index (χ4n) is 3.31. The maximum atomic E-state index is 13.0. The van der Waals surface area contributed by atoms with Crippen molar-refractivity contribution in [2.24, 2.45) is 5.92 Å². The smallest absolute Gasteiger partial charge is 0.236 e. The number of carbonyl (C=O) groups excluding carboxylic acids is 2. The maximum Gasteiger partial charge on any atom is 0.236 e. The van der Waals surface area contributed by atoms with E-state index in [-0.39, 0.29) is 23.4 Å². The van der Waals surface area contributed by atoms with E-state index in [0.29, 0.717) is 38.4 Å². The summed E-state index contributed by atoms with van der Waals surface area (Å²) in [5, 5.41) is 0. The summed E-state index contributed by atoms with van der Waals surface area (Å²) in [4.78, 5) is 28.7. The van der Waals surface area contributed by atoms with E-state index in [1.165, 1.54) is 12.1 Å². The summed E-state index contributed by atoms with van der Waals surface area (Å²) in [6, 6.07) is 5.74. The second kappa shape index (κ2) is 7.85. The molecule has 2 saturated heterocycles. The number of hydrogen-bond donors (Lipinski definition) is 0. The highest BCUT2D eigenvalue weighted by atomic mass is 19.1. The average Bonchev–Trinajstić information content (AvgIpc) is 2.63. The normalized spacial score (nSPS) is 20.1. The molecule has 130 valence electrons. The van der Waals surface area contributed by atoms with Crippen molar-refractivity contribution in [3.8, 4) is 0 Å². The molecule has 0 saturated carbocycles. The molecular weight excluding hydrogens is 311 g/mol. The van der Waals surface area contributed by atoms with Crippen LogP contribution in [0.5, 0.6) is 0 Å². The second-order valence-corrected chi connectivity index (χ2v) is 6.41. The number of benzene rings is 1. The molecule has 0 aliphatic carbocycles. The van der Waals surface area contributed by atoms with E-state index in [4.69, 9.17) is 4.74 Å². The number of amides is 1. The van der Waals surface area contributed by atoms with E-state index in [2.05, 4.69) is 4.90 Å². The fraction of sp³-hybridized carbons (Fsp3) is 0.556. The van der Waals surface area contributed by atoms with Crippen LogP contribution in [0.3, 0.4) is 0 Å². The number of ether oxygens (including phenoxy) is 1. The summed E-state index contributed by atoms with van der Waals surface area (Å²) in [6.07, 6.45) is 1.49. The van der Waals surface area contributed by atoms with Gasteiger partial charge in [-0.15, -0.1) is 0 Å². The average molecular weight is 334 g/mol. The maximum absolute atomic E-state index is 13.0. The minimum atomic E-state index is -0.331. The van der Waals surface area contributed by atoms with Crippen molar-refractivity contribution in [1.82, 2.24) is 9.80 Å². The van der Waals surface area contributed by atoms with Crippen LogP contribution in [-0.4, -0.2) is 67.4 Å². The summed E-state index contributed by atoms with van der Waals surface area (Å²) >= 11 is 0. The van der Waals surface area contributed by atoms with E-state index in [1.807, 2.05) is 4.90 Å². The number of Topliss-reactive ketones (excluding diaryl/α,β-unsaturated/α-hetero) is 1. The predicted molar refractivity (Wildman–Crippen MR) is 87.3 cm³/mol. The summed E-state index contributed by atoms with van der Waals surface area (Å²) in [7, 11) is 0. The zero-order chi connectivity index (χ0) is 16.9. The molecule has 5 nitrogen and oxygen atoms in total. The number of carbonyl (C=O) groups is 2. The first kappa shape index (κ1) is 17.0. The predicted octanol–water partition coefficient (Wildman–Crippen LogP) is 1.58. The van der Waals surface area contributed by atoms with Crippen molar-refractivity contribution in [1.29, 1.82) is 0 Å². The Morgan fingerprint density at radius 3 is 2.29 bits per heavy atom. The molecule has 24 heavy (non-hydrogen) atoms. The topological polar surface area (TPSA) is 49.9 Å². The van der Waals surface area contributed by atoms with Crippen LogP contribution < -0.4 is 0 Å². The highest BCUT2D eigenvalue weighted by Gasteiger charge is 2.28. The Bertz CT molecular complexity index is 576. The van der Waals surface area contributed by atoms with Crippen molar-refractivity contribution >= 4 is 11.7 Å². The van der Waals surface area contributed by atoms with Crippen molar-refractivity contribution in [2.75, 3.05) is 45.9 Å². The van der Waals surface area contributed by atoms with E-state index in [0.717, 1.165) is 25.9 Å². The Kier molecular flexibility index (Phi) is 5.58. The van der Waals surface area contributed by atoms with E-state index < -0.39 is 0 Å². The molecule has 0 bridgehead atoms. The van der Waals surface area contributed by atoms with Crippen LogP contribution in [0.1, 0.15) is 23.2 Å². The standard InChI is InChI=1S/C18H23FN2O3/c19-16-3-1-14(2-4-16)18(23)15-5-7-20(8-6-15)13-17(22)21-9-11-24-12-10-21/h1-4,15H,5-13H2. The summed E-state index contributed by atoms with van der Waals surface area (Å²) < 4.78 is 18.2. The number of halogens is 1. The van der Waals surface area contributed by atoms with E-state index in [9.17, 15) is 14.0 Å². The molecule has 2 aliphatic rings. The minimum Gasteiger partial charge on any atom is -0.378 e. The van der Waals surface area contributed by atoms with Gasteiger partial charge < -0.3 is 9.64 Å². The Balaban J connectivity index is 1.47. The van der Waals surface area contributed by atoms with Gasteiger partial charge in [-0.1, -0.05) is 0 Å². The summed E-state index contributed by atoms with van der Waals surface area (Å²) in [5.74, 6) is -0.149. The first-order chi connectivity index (χ1) is 11.6. The zero-order valence-corrected chi connectivity index (χ0v) is 13.7. The highest BCUT2D eigenvalue weighted by molar-refractivity contribution is 5.97. The van der Waals surface area contributed by atoms with Crippen LogP contribution in [0, 0.1) is 11.7 Å². The summed E-state index contributed by atoms with van der Waals surface area (Å²) in [5.41, 5.74) is 0.569. The molecule has 2 fully saturated rings. The van der Waals surface area contributed by atoms with Crippen LogP contribution in [0.25, 0.3) is 0 Å². The number of nitrogens with zero attached hydrogens (tertiary/aromatic N) is 2. The number of ketones is 1. The first-order valence-corrected chi connectivity index (χ1v) is 8.51. The number of hydrogen-bond acceptors (Lipinski definition) is 4. The Hall–Kier alpha value is -1.79. The van der Waals surface area contributed by atoms with Gasteiger partial charge in [0.05, 0.1) is 19.8 Å². The Morgan fingerprint density at radius 1 is 1.04 bits per heavy atom. The van der Waals surface area contributed by atoms with Crippen molar-refractivity contribution < 1.29 is 18.7 Å². The number of piperidine rings is 1. The molecule has 6 heteroatoms. The zero-order valence-electron chi connectivity index (χ0n) is 13.7. The van der Waals surface area contributed by atoms with Gasteiger partial charge in [0.2, 0.25) is 5.91 Å². The van der Waals surface area contributed by atoms with E-state index in [1.54, 1.807) is 12.1 Å². The quantitative estimate of drug-likeness (QED) is 0.785. The Labute approximate surface area is 141 Å². The fourth-order valence-corrected chi connectivity index (χ4v) is 3.31. The lowest BCUT2D eigenvalue weighted by molar-refractivity contribution is -0.136. The van der Waals surface area contributed by atoms with Gasteiger partial charge in [-0.2, -0.15) is 0 Å². The molecule has 0 spiro atoms. The number of morpholine rings is 1. The lowest BCUT2D eigenvalue weighted by Crippen LogP contribution is -2.47. The molecule has 0 aromatic heterocycles. The minimum absolute atomic E-state index is 0.0369. The third kappa shape index (κ3) is 4.19. The van der Waals surface area contributed by atoms with Crippen molar-refractivity contribution in [3.05, 3.63) is 35.6 Å². The number of rotatable bonds is 4. The molecule has 1 amide bonds. The lowest BCUT2D eigenvalue weighted by atomic mass is 9.89. The van der Waals surface area contributed by atoms with Gasteiger partial charge in [-0.3, -0.25) is 14.5 Å². The van der Waals surface area contributed by atoms with Crippen molar-refractivity contribution in [3.63, 3.8) is 0 Å².